The number of urea groups is 1. The maximum Gasteiger partial charge on any atom is 0.335 e. The van der Waals surface area contributed by atoms with E-state index in [2.05, 4.69) is 10.6 Å². The number of nitro benzene ring substituents is 1. The first-order chi connectivity index (χ1) is 20.0. The Hall–Kier alpha value is -5.23. The minimum Gasteiger partial charge on any atom is -0.490 e. The molecule has 4 rings (SSSR count). The van der Waals surface area contributed by atoms with E-state index in [-0.39, 0.29) is 46.7 Å². The quantitative estimate of drug-likeness (QED) is 0.153. The van der Waals surface area contributed by atoms with Crippen LogP contribution in [0.25, 0.3) is 6.08 Å². The molecule has 1 fully saturated rings. The van der Waals surface area contributed by atoms with Gasteiger partial charge in [0.2, 0.25) is 0 Å². The van der Waals surface area contributed by atoms with Gasteiger partial charge in [0.15, 0.2) is 18.1 Å². The molecule has 1 saturated heterocycles. The minimum atomic E-state index is -1.01. The third-order valence-electron chi connectivity index (χ3n) is 6.29. The molecule has 3 aromatic rings. The standard InChI is InChI=1S/C29H25ClN4O8/c1-4-41-24-14-18(13-22(30)26(24)42-15-25(35)31-23-7-5-6-16(2)17(23)3)12-21-27(36)32-29(38)33(28(21)37)19-8-10-20(11-9-19)34(39)40/h5-14H,4,15H2,1-3H3,(H,31,35)(H,32,36,38)/b21-12-. The van der Waals surface area contributed by atoms with Crippen molar-refractivity contribution >= 4 is 58.5 Å². The van der Waals surface area contributed by atoms with Crippen molar-refractivity contribution in [3.8, 4) is 11.5 Å². The van der Waals surface area contributed by atoms with E-state index in [4.69, 9.17) is 21.1 Å². The summed E-state index contributed by atoms with van der Waals surface area (Å²) in [6.07, 6.45) is 1.22. The molecule has 13 heteroatoms. The van der Waals surface area contributed by atoms with Gasteiger partial charge in [-0.2, -0.15) is 0 Å². The van der Waals surface area contributed by atoms with Crippen molar-refractivity contribution in [1.29, 1.82) is 0 Å². The fraction of sp³-hybridized carbons (Fsp3) is 0.172. The van der Waals surface area contributed by atoms with Crippen LogP contribution in [0, 0.1) is 24.0 Å². The summed E-state index contributed by atoms with van der Waals surface area (Å²) in [7, 11) is 0. The summed E-state index contributed by atoms with van der Waals surface area (Å²) >= 11 is 6.47. The fourth-order valence-electron chi connectivity index (χ4n) is 4.07. The van der Waals surface area contributed by atoms with Crippen molar-refractivity contribution in [2.24, 2.45) is 0 Å². The van der Waals surface area contributed by atoms with Crippen LogP contribution >= 0.6 is 11.6 Å². The van der Waals surface area contributed by atoms with Crippen molar-refractivity contribution < 1.29 is 33.6 Å². The second-order valence-electron chi connectivity index (χ2n) is 9.08. The highest BCUT2D eigenvalue weighted by molar-refractivity contribution is 6.39. The Bertz CT molecular complexity index is 1640. The number of nitrogens with one attached hydrogen (secondary N) is 2. The average Bonchev–Trinajstić information content (AvgIpc) is 2.93. The van der Waals surface area contributed by atoms with E-state index in [0.29, 0.717) is 10.6 Å². The number of halogens is 1. The van der Waals surface area contributed by atoms with Gasteiger partial charge >= 0.3 is 6.03 Å². The molecular weight excluding hydrogens is 568 g/mol. The lowest BCUT2D eigenvalue weighted by molar-refractivity contribution is -0.384. The van der Waals surface area contributed by atoms with Gasteiger partial charge in [0.25, 0.3) is 23.4 Å². The van der Waals surface area contributed by atoms with E-state index in [0.717, 1.165) is 23.3 Å². The highest BCUT2D eigenvalue weighted by Gasteiger charge is 2.37. The van der Waals surface area contributed by atoms with E-state index in [1.54, 1.807) is 13.0 Å². The lowest BCUT2D eigenvalue weighted by atomic mass is 10.1. The average molecular weight is 593 g/mol. The van der Waals surface area contributed by atoms with Gasteiger partial charge in [-0.05, 0) is 73.9 Å². The Morgan fingerprint density at radius 3 is 2.48 bits per heavy atom. The number of nitrogens with zero attached hydrogens (tertiary/aromatic N) is 2. The fourth-order valence-corrected chi connectivity index (χ4v) is 4.34. The topological polar surface area (TPSA) is 157 Å². The Morgan fingerprint density at radius 1 is 1.10 bits per heavy atom. The van der Waals surface area contributed by atoms with Gasteiger partial charge < -0.3 is 14.8 Å². The summed E-state index contributed by atoms with van der Waals surface area (Å²) in [4.78, 5) is 61.9. The first-order valence-electron chi connectivity index (χ1n) is 12.6. The van der Waals surface area contributed by atoms with Gasteiger partial charge in [0, 0.05) is 17.8 Å². The van der Waals surface area contributed by atoms with Crippen molar-refractivity contribution in [3.05, 3.63) is 92.0 Å². The Balaban J connectivity index is 1.58. The van der Waals surface area contributed by atoms with Crippen LogP contribution < -0.4 is 25.0 Å². The molecule has 0 aromatic heterocycles. The maximum absolute atomic E-state index is 13.2. The molecule has 0 radical (unpaired) electrons. The van der Waals surface area contributed by atoms with E-state index in [1.165, 1.54) is 30.3 Å². The molecular formula is C29H25ClN4O8. The second kappa shape index (κ2) is 12.5. The molecule has 1 aliphatic heterocycles. The molecule has 0 unspecified atom stereocenters. The number of hydrogen-bond acceptors (Lipinski definition) is 8. The smallest absolute Gasteiger partial charge is 0.335 e. The molecule has 1 aliphatic rings. The maximum atomic E-state index is 13.2. The van der Waals surface area contributed by atoms with Crippen LogP contribution in [0.5, 0.6) is 11.5 Å². The Morgan fingerprint density at radius 2 is 1.81 bits per heavy atom. The van der Waals surface area contributed by atoms with Crippen LogP contribution in [0.1, 0.15) is 23.6 Å². The van der Waals surface area contributed by atoms with Crippen LogP contribution in [-0.2, 0) is 14.4 Å². The molecule has 42 heavy (non-hydrogen) atoms. The second-order valence-corrected chi connectivity index (χ2v) is 9.49. The molecule has 0 spiro atoms. The molecule has 5 amide bonds. The van der Waals surface area contributed by atoms with Gasteiger partial charge in [-0.15, -0.1) is 0 Å². The predicted octanol–water partition coefficient (Wildman–Crippen LogP) is 4.95. The van der Waals surface area contributed by atoms with E-state index in [9.17, 15) is 29.3 Å². The summed E-state index contributed by atoms with van der Waals surface area (Å²) in [5.41, 5.74) is 2.26. The zero-order valence-electron chi connectivity index (χ0n) is 22.7. The zero-order valence-corrected chi connectivity index (χ0v) is 23.5. The number of carbonyl (C=O) groups excluding carboxylic acids is 4. The number of hydrogen-bond donors (Lipinski definition) is 2. The predicted molar refractivity (Wildman–Crippen MR) is 155 cm³/mol. The van der Waals surface area contributed by atoms with Crippen LogP contribution in [0.15, 0.2) is 60.2 Å². The number of anilines is 2. The number of aryl methyl sites for hydroxylation is 1. The van der Waals surface area contributed by atoms with E-state index >= 15 is 0 Å². The zero-order chi connectivity index (χ0) is 30.6. The van der Waals surface area contributed by atoms with Crippen LogP contribution in [0.2, 0.25) is 5.02 Å². The number of rotatable bonds is 9. The van der Waals surface area contributed by atoms with E-state index in [1.807, 2.05) is 26.0 Å². The van der Waals surface area contributed by atoms with Gasteiger partial charge in [-0.1, -0.05) is 23.7 Å². The van der Waals surface area contributed by atoms with Crippen molar-refractivity contribution in [2.75, 3.05) is 23.4 Å². The Kier molecular flexibility index (Phi) is 8.87. The van der Waals surface area contributed by atoms with E-state index < -0.39 is 34.2 Å². The van der Waals surface area contributed by atoms with Crippen molar-refractivity contribution in [3.63, 3.8) is 0 Å². The number of ether oxygens (including phenoxy) is 2. The molecule has 0 atom stereocenters. The molecule has 0 aliphatic carbocycles. The number of amides is 5. The lowest BCUT2D eigenvalue weighted by Gasteiger charge is -2.26. The number of barbiturate groups is 1. The first kappa shape index (κ1) is 29.7. The number of benzene rings is 3. The number of carbonyl (C=O) groups is 4. The molecule has 1 heterocycles. The van der Waals surface area contributed by atoms with Crippen molar-refractivity contribution in [1.82, 2.24) is 5.32 Å². The summed E-state index contributed by atoms with van der Waals surface area (Å²) in [6.45, 7) is 5.38. The minimum absolute atomic E-state index is 0.0254. The van der Waals surface area contributed by atoms with Crippen molar-refractivity contribution in [2.45, 2.75) is 20.8 Å². The molecule has 12 nitrogen and oxygen atoms in total. The molecule has 216 valence electrons. The monoisotopic (exact) mass is 592 g/mol. The SMILES string of the molecule is CCOc1cc(/C=C2/C(=O)NC(=O)N(c3ccc([N+](=O)[O-])cc3)C2=O)cc(Cl)c1OCC(=O)Nc1cccc(C)c1C. The summed E-state index contributed by atoms with van der Waals surface area (Å²) in [5, 5.41) is 15.9. The summed E-state index contributed by atoms with van der Waals surface area (Å²) in [5.74, 6) is -2.08. The third-order valence-corrected chi connectivity index (χ3v) is 6.57. The van der Waals surface area contributed by atoms with Gasteiger partial charge in [-0.25, -0.2) is 9.69 Å². The molecule has 0 saturated carbocycles. The lowest BCUT2D eigenvalue weighted by Crippen LogP contribution is -2.54. The summed E-state index contributed by atoms with van der Waals surface area (Å²) < 4.78 is 11.3. The molecule has 3 aromatic carbocycles. The van der Waals surface area contributed by atoms with Gasteiger partial charge in [0.05, 0.1) is 22.2 Å². The number of imide groups is 2. The largest absolute Gasteiger partial charge is 0.490 e. The third kappa shape index (κ3) is 6.39. The van der Waals surface area contributed by atoms with Crippen LogP contribution in [0.4, 0.5) is 21.9 Å². The summed E-state index contributed by atoms with van der Waals surface area (Å²) in [6, 6.07) is 12.1. The number of nitro groups is 1. The molecule has 2 N–H and O–H groups in total. The van der Waals surface area contributed by atoms with Crippen LogP contribution in [-0.4, -0.2) is 41.9 Å². The van der Waals surface area contributed by atoms with Gasteiger partial charge in [0.1, 0.15) is 5.57 Å². The highest BCUT2D eigenvalue weighted by atomic mass is 35.5. The number of non-ortho nitro benzene ring substituents is 1. The van der Waals surface area contributed by atoms with Crippen LogP contribution in [0.3, 0.4) is 0 Å². The molecule has 0 bridgehead atoms. The first-order valence-corrected chi connectivity index (χ1v) is 13.0. The Labute approximate surface area is 245 Å². The normalized spacial score (nSPS) is 14.0. The highest BCUT2D eigenvalue weighted by Crippen LogP contribution is 2.38. The van der Waals surface area contributed by atoms with Gasteiger partial charge in [-0.3, -0.25) is 29.8 Å².